The molecule has 0 saturated carbocycles. The van der Waals surface area contributed by atoms with E-state index in [9.17, 15) is 0 Å². The first kappa shape index (κ1) is 12.6. The van der Waals surface area contributed by atoms with Crippen LogP contribution in [0, 0.1) is 0 Å². The van der Waals surface area contributed by atoms with Crippen LogP contribution < -0.4 is 10.6 Å². The van der Waals surface area contributed by atoms with Gasteiger partial charge in [0.05, 0.1) is 6.61 Å². The minimum Gasteiger partial charge on any atom is -0.392 e. The van der Waals surface area contributed by atoms with E-state index in [1.807, 2.05) is 12.1 Å². The first-order chi connectivity index (χ1) is 8.38. The Morgan fingerprint density at radius 2 is 2.18 bits per heavy atom. The van der Waals surface area contributed by atoms with Crippen molar-refractivity contribution < 1.29 is 5.11 Å². The van der Waals surface area contributed by atoms with E-state index in [1.165, 1.54) is 24.8 Å². The summed E-state index contributed by atoms with van der Waals surface area (Å²) in [5.41, 5.74) is 2.23. The maximum atomic E-state index is 9.06. The van der Waals surface area contributed by atoms with Crippen LogP contribution in [0.4, 0.5) is 0 Å². The first-order valence-corrected chi connectivity index (χ1v) is 6.51. The number of aliphatic hydroxyl groups excluding tert-OH is 1. The molecule has 1 unspecified atom stereocenters. The lowest BCUT2D eigenvalue weighted by Gasteiger charge is -2.23. The number of rotatable bonds is 5. The predicted octanol–water partition coefficient (Wildman–Crippen LogP) is 1.41. The van der Waals surface area contributed by atoms with Gasteiger partial charge in [-0.05, 0) is 30.5 Å². The number of aliphatic hydroxyl groups is 1. The van der Waals surface area contributed by atoms with Crippen LogP contribution in [0.25, 0.3) is 0 Å². The molecule has 3 N–H and O–H groups in total. The molecule has 1 aromatic carbocycles. The molecule has 1 aliphatic heterocycles. The summed E-state index contributed by atoms with van der Waals surface area (Å²) < 4.78 is 0. The standard InChI is InChI=1S/C14H22N2O/c17-11-13-5-3-4-12(8-13)9-15-10-14-6-1-2-7-16-14/h3-5,8,14-17H,1-2,6-7,9-11H2. The van der Waals surface area contributed by atoms with Gasteiger partial charge in [0, 0.05) is 19.1 Å². The summed E-state index contributed by atoms with van der Waals surface area (Å²) >= 11 is 0. The second-order valence-corrected chi connectivity index (χ2v) is 4.76. The fraction of sp³-hybridized carbons (Fsp3) is 0.571. The van der Waals surface area contributed by atoms with Crippen LogP contribution in [0.2, 0.25) is 0 Å². The second kappa shape index (κ2) is 6.74. The van der Waals surface area contributed by atoms with E-state index in [2.05, 4.69) is 22.8 Å². The van der Waals surface area contributed by atoms with Crippen LogP contribution in [-0.4, -0.2) is 24.2 Å². The zero-order chi connectivity index (χ0) is 11.9. The normalized spacial score (nSPS) is 20.4. The molecule has 1 saturated heterocycles. The van der Waals surface area contributed by atoms with Gasteiger partial charge in [0.25, 0.3) is 0 Å². The molecule has 1 aromatic rings. The molecule has 1 atom stereocenters. The van der Waals surface area contributed by atoms with Crippen molar-refractivity contribution in [3.8, 4) is 0 Å². The number of hydrogen-bond acceptors (Lipinski definition) is 3. The lowest BCUT2D eigenvalue weighted by Crippen LogP contribution is -2.41. The average Bonchev–Trinajstić information content (AvgIpc) is 2.40. The summed E-state index contributed by atoms with van der Waals surface area (Å²) in [6.45, 7) is 3.19. The Hall–Kier alpha value is -0.900. The SMILES string of the molecule is OCc1cccc(CNCC2CCCCN2)c1. The van der Waals surface area contributed by atoms with Crippen LogP contribution in [0.15, 0.2) is 24.3 Å². The maximum Gasteiger partial charge on any atom is 0.0681 e. The Morgan fingerprint density at radius 3 is 2.94 bits per heavy atom. The molecule has 17 heavy (non-hydrogen) atoms. The molecular formula is C14H22N2O. The Labute approximate surface area is 103 Å². The van der Waals surface area contributed by atoms with Crippen molar-refractivity contribution in [2.24, 2.45) is 0 Å². The van der Waals surface area contributed by atoms with E-state index >= 15 is 0 Å². The number of piperidine rings is 1. The molecule has 1 aliphatic rings. The van der Waals surface area contributed by atoms with Crippen molar-refractivity contribution in [3.05, 3.63) is 35.4 Å². The Morgan fingerprint density at radius 1 is 1.29 bits per heavy atom. The molecule has 94 valence electrons. The highest BCUT2D eigenvalue weighted by Crippen LogP contribution is 2.07. The number of nitrogens with one attached hydrogen (secondary N) is 2. The van der Waals surface area contributed by atoms with Crippen molar-refractivity contribution in [2.75, 3.05) is 13.1 Å². The molecule has 1 heterocycles. The zero-order valence-corrected chi connectivity index (χ0v) is 10.3. The van der Waals surface area contributed by atoms with Crippen molar-refractivity contribution in [1.82, 2.24) is 10.6 Å². The monoisotopic (exact) mass is 234 g/mol. The van der Waals surface area contributed by atoms with Crippen LogP contribution >= 0.6 is 0 Å². The van der Waals surface area contributed by atoms with Gasteiger partial charge in [-0.25, -0.2) is 0 Å². The van der Waals surface area contributed by atoms with Gasteiger partial charge in [0.2, 0.25) is 0 Å². The highest BCUT2D eigenvalue weighted by molar-refractivity contribution is 5.22. The molecule has 0 aliphatic carbocycles. The van der Waals surface area contributed by atoms with Crippen LogP contribution in [-0.2, 0) is 13.2 Å². The Balaban J connectivity index is 1.73. The quantitative estimate of drug-likeness (QED) is 0.722. The van der Waals surface area contributed by atoms with Crippen LogP contribution in [0.3, 0.4) is 0 Å². The van der Waals surface area contributed by atoms with E-state index in [4.69, 9.17) is 5.11 Å². The molecule has 2 rings (SSSR count). The molecule has 1 fully saturated rings. The van der Waals surface area contributed by atoms with Crippen LogP contribution in [0.1, 0.15) is 30.4 Å². The second-order valence-electron chi connectivity index (χ2n) is 4.76. The third kappa shape index (κ3) is 4.11. The molecule has 0 aromatic heterocycles. The van der Waals surface area contributed by atoms with Gasteiger partial charge in [-0.15, -0.1) is 0 Å². The van der Waals surface area contributed by atoms with Crippen molar-refractivity contribution in [1.29, 1.82) is 0 Å². The smallest absolute Gasteiger partial charge is 0.0681 e. The van der Waals surface area contributed by atoms with E-state index in [-0.39, 0.29) is 6.61 Å². The van der Waals surface area contributed by atoms with Gasteiger partial charge in [-0.2, -0.15) is 0 Å². The maximum absolute atomic E-state index is 9.06. The summed E-state index contributed by atoms with van der Waals surface area (Å²) in [7, 11) is 0. The topological polar surface area (TPSA) is 44.3 Å². The lowest BCUT2D eigenvalue weighted by molar-refractivity contribution is 0.281. The Kier molecular flexibility index (Phi) is 4.98. The van der Waals surface area contributed by atoms with E-state index in [1.54, 1.807) is 0 Å². The summed E-state index contributed by atoms with van der Waals surface area (Å²) in [5.74, 6) is 0. The van der Waals surface area contributed by atoms with Gasteiger partial charge < -0.3 is 15.7 Å². The molecule has 0 amide bonds. The molecule has 3 nitrogen and oxygen atoms in total. The highest BCUT2D eigenvalue weighted by atomic mass is 16.3. The van der Waals surface area contributed by atoms with Gasteiger partial charge in [0.1, 0.15) is 0 Å². The van der Waals surface area contributed by atoms with Crippen LogP contribution in [0.5, 0.6) is 0 Å². The van der Waals surface area contributed by atoms with Gasteiger partial charge in [0.15, 0.2) is 0 Å². The largest absolute Gasteiger partial charge is 0.392 e. The molecule has 3 heteroatoms. The molecule has 0 radical (unpaired) electrons. The predicted molar refractivity (Wildman–Crippen MR) is 69.7 cm³/mol. The van der Waals surface area contributed by atoms with E-state index in [0.29, 0.717) is 6.04 Å². The van der Waals surface area contributed by atoms with E-state index in [0.717, 1.165) is 25.2 Å². The molecule has 0 spiro atoms. The van der Waals surface area contributed by atoms with Gasteiger partial charge in [-0.3, -0.25) is 0 Å². The zero-order valence-electron chi connectivity index (χ0n) is 10.3. The third-order valence-electron chi connectivity index (χ3n) is 3.31. The van der Waals surface area contributed by atoms with Crippen molar-refractivity contribution in [2.45, 2.75) is 38.5 Å². The van der Waals surface area contributed by atoms with Gasteiger partial charge in [-0.1, -0.05) is 30.7 Å². The first-order valence-electron chi connectivity index (χ1n) is 6.51. The number of benzene rings is 1. The van der Waals surface area contributed by atoms with E-state index < -0.39 is 0 Å². The molecule has 0 bridgehead atoms. The van der Waals surface area contributed by atoms with Crippen molar-refractivity contribution in [3.63, 3.8) is 0 Å². The average molecular weight is 234 g/mol. The van der Waals surface area contributed by atoms with Gasteiger partial charge >= 0.3 is 0 Å². The fourth-order valence-electron chi connectivity index (χ4n) is 2.33. The summed E-state index contributed by atoms with van der Waals surface area (Å²) in [6, 6.07) is 8.74. The summed E-state index contributed by atoms with van der Waals surface area (Å²) in [6.07, 6.45) is 3.94. The third-order valence-corrected chi connectivity index (χ3v) is 3.31. The summed E-state index contributed by atoms with van der Waals surface area (Å²) in [5, 5.41) is 16.1. The molecular weight excluding hydrogens is 212 g/mol. The number of hydrogen-bond donors (Lipinski definition) is 3. The minimum absolute atomic E-state index is 0.123. The Bertz CT molecular complexity index is 335. The van der Waals surface area contributed by atoms with Crippen molar-refractivity contribution >= 4 is 0 Å². The lowest BCUT2D eigenvalue weighted by atomic mass is 10.0. The fourth-order valence-corrected chi connectivity index (χ4v) is 2.33. The summed E-state index contributed by atoms with van der Waals surface area (Å²) in [4.78, 5) is 0. The highest BCUT2D eigenvalue weighted by Gasteiger charge is 2.11. The minimum atomic E-state index is 0.123.